The SMILES string of the molecule is O=C(c1ccc(Cc2ccccc2)cc1)C(F)F. The van der Waals surface area contributed by atoms with Crippen LogP contribution in [0.5, 0.6) is 0 Å². The van der Waals surface area contributed by atoms with E-state index in [0.29, 0.717) is 0 Å². The second-order valence-electron chi connectivity index (χ2n) is 4.02. The second kappa shape index (κ2) is 5.54. The normalized spacial score (nSPS) is 10.6. The number of Topliss-reactive ketones (excluding diaryl/α,β-unsaturated/α-hetero) is 1. The van der Waals surface area contributed by atoms with Crippen molar-refractivity contribution in [3.05, 3.63) is 71.3 Å². The molecule has 0 heterocycles. The highest BCUT2D eigenvalue weighted by Gasteiger charge is 2.17. The van der Waals surface area contributed by atoms with Crippen LogP contribution in [0.1, 0.15) is 21.5 Å². The van der Waals surface area contributed by atoms with E-state index in [2.05, 4.69) is 0 Å². The Kier molecular flexibility index (Phi) is 3.82. The van der Waals surface area contributed by atoms with Crippen molar-refractivity contribution >= 4 is 5.78 Å². The van der Waals surface area contributed by atoms with E-state index in [1.54, 1.807) is 12.1 Å². The molecular weight excluding hydrogens is 234 g/mol. The van der Waals surface area contributed by atoms with Gasteiger partial charge >= 0.3 is 6.43 Å². The molecule has 0 saturated carbocycles. The van der Waals surface area contributed by atoms with Gasteiger partial charge in [0.05, 0.1) is 0 Å². The number of hydrogen-bond acceptors (Lipinski definition) is 1. The maximum Gasteiger partial charge on any atom is 0.300 e. The van der Waals surface area contributed by atoms with E-state index in [9.17, 15) is 13.6 Å². The summed E-state index contributed by atoms with van der Waals surface area (Å²) in [5, 5.41) is 0. The summed E-state index contributed by atoms with van der Waals surface area (Å²) < 4.78 is 24.4. The second-order valence-corrected chi connectivity index (χ2v) is 4.02. The van der Waals surface area contributed by atoms with Gasteiger partial charge in [-0.2, -0.15) is 0 Å². The fourth-order valence-corrected chi connectivity index (χ4v) is 1.74. The average Bonchev–Trinajstić information content (AvgIpc) is 2.40. The van der Waals surface area contributed by atoms with E-state index in [1.807, 2.05) is 30.3 Å². The third kappa shape index (κ3) is 3.00. The van der Waals surface area contributed by atoms with Crippen molar-refractivity contribution in [3.8, 4) is 0 Å². The van der Waals surface area contributed by atoms with Crippen LogP contribution >= 0.6 is 0 Å². The Hall–Kier alpha value is -2.03. The summed E-state index contributed by atoms with van der Waals surface area (Å²) in [6.45, 7) is 0. The molecule has 0 aliphatic carbocycles. The van der Waals surface area contributed by atoms with Gasteiger partial charge in [-0.15, -0.1) is 0 Å². The minimum atomic E-state index is -2.94. The Labute approximate surface area is 104 Å². The first kappa shape index (κ1) is 12.4. The maximum absolute atomic E-state index is 12.2. The summed E-state index contributed by atoms with van der Waals surface area (Å²) in [6, 6.07) is 16.2. The van der Waals surface area contributed by atoms with Crippen LogP contribution < -0.4 is 0 Å². The summed E-state index contributed by atoms with van der Waals surface area (Å²) >= 11 is 0. The fraction of sp³-hybridized carbons (Fsp3) is 0.133. The largest absolute Gasteiger partial charge is 0.300 e. The molecule has 0 spiro atoms. The molecule has 0 aliphatic heterocycles. The van der Waals surface area contributed by atoms with Crippen molar-refractivity contribution in [2.75, 3.05) is 0 Å². The molecule has 2 aromatic carbocycles. The molecule has 92 valence electrons. The average molecular weight is 246 g/mol. The zero-order valence-electron chi connectivity index (χ0n) is 9.64. The summed E-state index contributed by atoms with van der Waals surface area (Å²) in [7, 11) is 0. The van der Waals surface area contributed by atoms with Crippen LogP contribution in [-0.2, 0) is 6.42 Å². The predicted molar refractivity (Wildman–Crippen MR) is 66.0 cm³/mol. The number of halogens is 2. The molecule has 2 aromatic rings. The molecule has 1 nitrogen and oxygen atoms in total. The van der Waals surface area contributed by atoms with Crippen molar-refractivity contribution in [1.29, 1.82) is 0 Å². The Bertz CT molecular complexity index is 518. The smallest absolute Gasteiger partial charge is 0.288 e. The topological polar surface area (TPSA) is 17.1 Å². The molecular formula is C15H12F2O. The van der Waals surface area contributed by atoms with Gasteiger partial charge in [0.2, 0.25) is 5.78 Å². The Morgan fingerprint density at radius 1 is 0.889 bits per heavy atom. The molecule has 0 atom stereocenters. The van der Waals surface area contributed by atoms with Gasteiger partial charge < -0.3 is 0 Å². The quantitative estimate of drug-likeness (QED) is 0.751. The van der Waals surface area contributed by atoms with Gasteiger partial charge in [0.1, 0.15) is 0 Å². The summed E-state index contributed by atoms with van der Waals surface area (Å²) in [5.41, 5.74) is 2.19. The van der Waals surface area contributed by atoms with E-state index < -0.39 is 12.2 Å². The molecule has 0 bridgehead atoms. The van der Waals surface area contributed by atoms with Crippen molar-refractivity contribution in [2.45, 2.75) is 12.8 Å². The van der Waals surface area contributed by atoms with Crippen LogP contribution in [-0.4, -0.2) is 12.2 Å². The zero-order chi connectivity index (χ0) is 13.0. The first-order valence-electron chi connectivity index (χ1n) is 5.62. The first-order valence-corrected chi connectivity index (χ1v) is 5.62. The lowest BCUT2D eigenvalue weighted by Gasteiger charge is -2.03. The Morgan fingerprint density at radius 3 is 2.00 bits per heavy atom. The minimum absolute atomic E-state index is 0.0572. The molecule has 0 unspecified atom stereocenters. The van der Waals surface area contributed by atoms with Crippen molar-refractivity contribution in [2.24, 2.45) is 0 Å². The van der Waals surface area contributed by atoms with Crippen molar-refractivity contribution in [3.63, 3.8) is 0 Å². The van der Waals surface area contributed by atoms with Gasteiger partial charge in [0, 0.05) is 5.56 Å². The van der Waals surface area contributed by atoms with Gasteiger partial charge in [-0.3, -0.25) is 4.79 Å². The van der Waals surface area contributed by atoms with Crippen LogP contribution in [0.3, 0.4) is 0 Å². The summed E-state index contributed by atoms with van der Waals surface area (Å²) in [5.74, 6) is -1.12. The molecule has 0 aromatic heterocycles. The van der Waals surface area contributed by atoms with Crippen molar-refractivity contribution in [1.82, 2.24) is 0 Å². The lowest BCUT2D eigenvalue weighted by atomic mass is 10.0. The molecule has 0 saturated heterocycles. The number of hydrogen-bond donors (Lipinski definition) is 0. The predicted octanol–water partition coefficient (Wildman–Crippen LogP) is 3.73. The van der Waals surface area contributed by atoms with E-state index in [0.717, 1.165) is 17.5 Å². The number of carbonyl (C=O) groups is 1. The van der Waals surface area contributed by atoms with Gasteiger partial charge in [-0.25, -0.2) is 8.78 Å². The molecule has 2 rings (SSSR count). The van der Waals surface area contributed by atoms with E-state index in [4.69, 9.17) is 0 Å². The fourth-order valence-electron chi connectivity index (χ4n) is 1.74. The first-order chi connectivity index (χ1) is 8.66. The third-order valence-corrected chi connectivity index (χ3v) is 2.69. The van der Waals surface area contributed by atoms with Crippen LogP contribution in [0.15, 0.2) is 54.6 Å². The van der Waals surface area contributed by atoms with Gasteiger partial charge in [0.25, 0.3) is 0 Å². The van der Waals surface area contributed by atoms with E-state index in [1.165, 1.54) is 12.1 Å². The maximum atomic E-state index is 12.2. The van der Waals surface area contributed by atoms with Crippen LogP contribution in [0.4, 0.5) is 8.78 Å². The number of alkyl halides is 2. The highest BCUT2D eigenvalue weighted by atomic mass is 19.3. The van der Waals surface area contributed by atoms with E-state index in [-0.39, 0.29) is 5.56 Å². The molecule has 3 heteroatoms. The molecule has 0 N–H and O–H groups in total. The highest BCUT2D eigenvalue weighted by Crippen LogP contribution is 2.13. The molecule has 18 heavy (non-hydrogen) atoms. The van der Waals surface area contributed by atoms with Crippen molar-refractivity contribution < 1.29 is 13.6 Å². The van der Waals surface area contributed by atoms with Gasteiger partial charge in [-0.1, -0.05) is 54.6 Å². The van der Waals surface area contributed by atoms with E-state index >= 15 is 0 Å². The lowest BCUT2D eigenvalue weighted by molar-refractivity contribution is 0.0679. The number of ketones is 1. The molecule has 0 radical (unpaired) electrons. The third-order valence-electron chi connectivity index (χ3n) is 2.69. The lowest BCUT2D eigenvalue weighted by Crippen LogP contribution is -2.09. The van der Waals surface area contributed by atoms with Gasteiger partial charge in [-0.05, 0) is 17.5 Å². The van der Waals surface area contributed by atoms with Crippen LogP contribution in [0, 0.1) is 0 Å². The molecule has 0 aliphatic rings. The summed E-state index contributed by atoms with van der Waals surface area (Å²) in [4.78, 5) is 11.1. The standard InChI is InChI=1S/C15H12F2O/c16-15(17)14(18)13-8-6-12(7-9-13)10-11-4-2-1-3-5-11/h1-9,15H,10H2. The van der Waals surface area contributed by atoms with Gasteiger partial charge in [0.15, 0.2) is 0 Å². The Balaban J connectivity index is 2.11. The monoisotopic (exact) mass is 246 g/mol. The molecule has 0 amide bonds. The van der Waals surface area contributed by atoms with Crippen LogP contribution in [0.2, 0.25) is 0 Å². The number of rotatable bonds is 4. The highest BCUT2D eigenvalue weighted by molar-refractivity contribution is 5.98. The Morgan fingerprint density at radius 2 is 1.44 bits per heavy atom. The molecule has 0 fully saturated rings. The minimum Gasteiger partial charge on any atom is -0.288 e. The number of carbonyl (C=O) groups excluding carboxylic acids is 1. The number of benzene rings is 2. The summed E-state index contributed by atoms with van der Waals surface area (Å²) in [6.07, 6.45) is -2.21. The zero-order valence-corrected chi connectivity index (χ0v) is 9.64. The van der Waals surface area contributed by atoms with Crippen LogP contribution in [0.25, 0.3) is 0 Å².